The summed E-state index contributed by atoms with van der Waals surface area (Å²) in [6.45, 7) is 2.00. The van der Waals surface area contributed by atoms with Gasteiger partial charge in [0.05, 0.1) is 6.42 Å². The number of nitrogens with one attached hydrogen (secondary N) is 2. The van der Waals surface area contributed by atoms with Crippen molar-refractivity contribution in [2.24, 2.45) is 22.2 Å². The Hall–Kier alpha value is -3.92. The number of nitrogens with zero attached hydrogens (tertiary/aromatic N) is 2. The molecule has 0 spiro atoms. The van der Waals surface area contributed by atoms with Gasteiger partial charge in [-0.25, -0.2) is 0 Å². The van der Waals surface area contributed by atoms with Crippen molar-refractivity contribution < 1.29 is 14.4 Å². The van der Waals surface area contributed by atoms with Gasteiger partial charge in [-0.15, -0.1) is 0 Å². The first-order valence-electron chi connectivity index (χ1n) is 14.2. The van der Waals surface area contributed by atoms with Crippen LogP contribution in [0.15, 0.2) is 59.6 Å². The van der Waals surface area contributed by atoms with E-state index in [0.29, 0.717) is 51.9 Å². The van der Waals surface area contributed by atoms with E-state index in [1.165, 1.54) is 0 Å². The second-order valence-corrected chi connectivity index (χ2v) is 10.1. The summed E-state index contributed by atoms with van der Waals surface area (Å²) in [5.74, 6) is -0.560. The van der Waals surface area contributed by atoms with E-state index in [1.54, 1.807) is 4.90 Å². The van der Waals surface area contributed by atoms with Crippen molar-refractivity contribution in [2.45, 2.75) is 63.5 Å². The van der Waals surface area contributed by atoms with Crippen molar-refractivity contribution in [1.82, 2.24) is 15.5 Å². The van der Waals surface area contributed by atoms with E-state index in [9.17, 15) is 14.4 Å². The molecule has 0 bridgehead atoms. The fourth-order valence-electron chi connectivity index (χ4n) is 4.87. The van der Waals surface area contributed by atoms with Gasteiger partial charge < -0.3 is 32.7 Å². The van der Waals surface area contributed by atoms with Gasteiger partial charge in [0.2, 0.25) is 17.7 Å². The number of hydrogen-bond donors (Lipinski definition) is 5. The Morgan fingerprint density at radius 2 is 1.68 bits per heavy atom. The maximum Gasteiger partial charge on any atom is 0.243 e. The molecular formula is C30H43N7O3. The lowest BCUT2D eigenvalue weighted by atomic mass is 10.0. The Labute approximate surface area is 236 Å². The van der Waals surface area contributed by atoms with E-state index in [4.69, 9.17) is 17.2 Å². The van der Waals surface area contributed by atoms with Gasteiger partial charge in [0.1, 0.15) is 12.1 Å². The van der Waals surface area contributed by atoms with E-state index in [-0.39, 0.29) is 30.1 Å². The number of carbonyl (C=O) groups is 3. The molecule has 3 rings (SSSR count). The molecule has 0 saturated carbocycles. The van der Waals surface area contributed by atoms with Crippen LogP contribution in [0.2, 0.25) is 0 Å². The van der Waals surface area contributed by atoms with E-state index in [2.05, 4.69) is 15.6 Å². The highest BCUT2D eigenvalue weighted by atomic mass is 16.2. The summed E-state index contributed by atoms with van der Waals surface area (Å²) in [7, 11) is 0. The zero-order chi connectivity index (χ0) is 28.7. The molecule has 0 aliphatic carbocycles. The van der Waals surface area contributed by atoms with E-state index >= 15 is 0 Å². The first-order chi connectivity index (χ1) is 19.4. The number of rotatable bonds is 15. The molecular weight excluding hydrogens is 506 g/mol. The van der Waals surface area contributed by atoms with Crippen molar-refractivity contribution in [2.75, 3.05) is 26.2 Å². The lowest BCUT2D eigenvalue weighted by molar-refractivity contribution is -0.139. The van der Waals surface area contributed by atoms with Crippen LogP contribution in [0.3, 0.4) is 0 Å². The molecule has 10 heteroatoms. The predicted octanol–water partition coefficient (Wildman–Crippen LogP) is 1.67. The van der Waals surface area contributed by atoms with Gasteiger partial charge in [0.25, 0.3) is 0 Å². The number of likely N-dealkylation sites (tertiary alicyclic amines) is 1. The van der Waals surface area contributed by atoms with Crippen LogP contribution >= 0.6 is 0 Å². The number of carbonyl (C=O) groups excluding carboxylic acids is 3. The van der Waals surface area contributed by atoms with Crippen molar-refractivity contribution >= 4 is 23.7 Å². The second-order valence-electron chi connectivity index (χ2n) is 10.1. The van der Waals surface area contributed by atoms with Gasteiger partial charge in [-0.05, 0) is 68.2 Å². The third-order valence-corrected chi connectivity index (χ3v) is 7.05. The molecule has 3 amide bonds. The number of aliphatic imine (C=N–C) groups is 1. The average Bonchev–Trinajstić information content (AvgIpc) is 3.46. The summed E-state index contributed by atoms with van der Waals surface area (Å²) in [5, 5.41) is 5.82. The molecule has 2 aromatic rings. The van der Waals surface area contributed by atoms with Crippen LogP contribution in [0.1, 0.15) is 50.5 Å². The van der Waals surface area contributed by atoms with Crippen molar-refractivity contribution in [1.29, 1.82) is 0 Å². The molecule has 1 heterocycles. The van der Waals surface area contributed by atoms with E-state index < -0.39 is 12.1 Å². The molecule has 2 atom stereocenters. The van der Waals surface area contributed by atoms with Gasteiger partial charge in [-0.3, -0.25) is 19.4 Å². The molecule has 0 aromatic heterocycles. The zero-order valence-electron chi connectivity index (χ0n) is 23.2. The van der Waals surface area contributed by atoms with Gasteiger partial charge in [-0.2, -0.15) is 0 Å². The Balaban J connectivity index is 1.55. The molecule has 0 radical (unpaired) electrons. The van der Waals surface area contributed by atoms with Crippen LogP contribution in [0, 0.1) is 0 Å². The smallest absolute Gasteiger partial charge is 0.243 e. The van der Waals surface area contributed by atoms with Crippen LogP contribution in [-0.2, 0) is 20.8 Å². The lowest BCUT2D eigenvalue weighted by Gasteiger charge is -2.26. The third-order valence-electron chi connectivity index (χ3n) is 7.05. The van der Waals surface area contributed by atoms with Crippen LogP contribution in [0.4, 0.5) is 0 Å². The van der Waals surface area contributed by atoms with Crippen LogP contribution in [-0.4, -0.2) is 66.8 Å². The first-order valence-corrected chi connectivity index (χ1v) is 14.2. The number of unbranched alkanes of at least 4 members (excludes halogenated alkanes) is 2. The van der Waals surface area contributed by atoms with E-state index in [0.717, 1.165) is 36.0 Å². The molecule has 1 fully saturated rings. The Bertz CT molecular complexity index is 1120. The molecule has 0 unspecified atom stereocenters. The van der Waals surface area contributed by atoms with Crippen LogP contribution < -0.4 is 27.8 Å². The second kappa shape index (κ2) is 16.2. The fraction of sp³-hybridized carbons (Fsp3) is 0.467. The quantitative estimate of drug-likeness (QED) is 0.129. The summed E-state index contributed by atoms with van der Waals surface area (Å²) >= 11 is 0. The average molecular weight is 550 g/mol. The Kier molecular flexibility index (Phi) is 12.4. The minimum Gasteiger partial charge on any atom is -0.370 e. The maximum atomic E-state index is 13.3. The highest BCUT2D eigenvalue weighted by Crippen LogP contribution is 2.22. The molecule has 1 aliphatic heterocycles. The topological polar surface area (TPSA) is 169 Å². The number of nitrogens with two attached hydrogens (primary N) is 3. The number of guanidine groups is 1. The summed E-state index contributed by atoms with van der Waals surface area (Å²) < 4.78 is 0. The largest absolute Gasteiger partial charge is 0.370 e. The Morgan fingerprint density at radius 1 is 0.950 bits per heavy atom. The number of benzene rings is 2. The summed E-state index contributed by atoms with van der Waals surface area (Å²) in [6, 6.07) is 16.7. The van der Waals surface area contributed by atoms with Crippen molar-refractivity contribution in [3.05, 3.63) is 60.2 Å². The minimum absolute atomic E-state index is 0.0483. The molecule has 216 valence electrons. The SMILES string of the molecule is NCCCC[C@H](NC(=O)[C@@H]1CCCN1C(=O)Cc1ccc(-c2ccccc2)cc1)C(=O)NCCCCN=C(N)N. The standard InChI is InChI=1S/C30H43N7O3/c31-17-5-4-11-25(28(39)34-18-6-7-19-35-30(32)33)36-29(40)26-12-8-20-37(26)27(38)21-22-13-15-24(16-14-22)23-9-2-1-3-10-23/h1-3,9-10,13-16,25-26H,4-8,11-12,17-21,31H2,(H,34,39)(H,36,40)(H4,32,33,35)/t25-,26-/m0/s1. The zero-order valence-corrected chi connectivity index (χ0v) is 23.2. The summed E-state index contributed by atoms with van der Waals surface area (Å²) in [6.07, 6.45) is 4.94. The molecule has 2 aromatic carbocycles. The Morgan fingerprint density at radius 3 is 2.38 bits per heavy atom. The predicted molar refractivity (Wildman–Crippen MR) is 158 cm³/mol. The minimum atomic E-state index is -0.681. The highest BCUT2D eigenvalue weighted by Gasteiger charge is 2.35. The molecule has 40 heavy (non-hydrogen) atoms. The van der Waals surface area contributed by atoms with Crippen LogP contribution in [0.25, 0.3) is 11.1 Å². The molecule has 8 N–H and O–H groups in total. The molecule has 10 nitrogen and oxygen atoms in total. The van der Waals surface area contributed by atoms with Crippen LogP contribution in [0.5, 0.6) is 0 Å². The normalized spacial score (nSPS) is 15.3. The summed E-state index contributed by atoms with van der Waals surface area (Å²) in [4.78, 5) is 45.0. The van der Waals surface area contributed by atoms with Gasteiger partial charge >= 0.3 is 0 Å². The first kappa shape index (κ1) is 30.6. The third kappa shape index (κ3) is 9.68. The van der Waals surface area contributed by atoms with E-state index in [1.807, 2.05) is 54.6 Å². The van der Waals surface area contributed by atoms with Gasteiger partial charge in [0, 0.05) is 19.6 Å². The monoisotopic (exact) mass is 549 g/mol. The van der Waals surface area contributed by atoms with Crippen molar-refractivity contribution in [3.8, 4) is 11.1 Å². The number of amides is 3. The molecule has 1 aliphatic rings. The fourth-order valence-corrected chi connectivity index (χ4v) is 4.87. The van der Waals surface area contributed by atoms with Gasteiger partial charge in [-0.1, -0.05) is 54.6 Å². The maximum absolute atomic E-state index is 13.3. The summed E-state index contributed by atoms with van der Waals surface area (Å²) in [5.41, 5.74) is 19.4. The van der Waals surface area contributed by atoms with Gasteiger partial charge in [0.15, 0.2) is 5.96 Å². The van der Waals surface area contributed by atoms with Crippen molar-refractivity contribution in [3.63, 3.8) is 0 Å². The highest BCUT2D eigenvalue weighted by molar-refractivity contribution is 5.92. The number of hydrogen-bond acceptors (Lipinski definition) is 5. The lowest BCUT2D eigenvalue weighted by Crippen LogP contribution is -2.53. The molecule has 1 saturated heterocycles.